The molecule has 1 saturated heterocycles. The molecule has 0 amide bonds. The molecule has 0 saturated carbocycles. The maximum Gasteiger partial charge on any atom is 0.178 e. The summed E-state index contributed by atoms with van der Waals surface area (Å²) in [6, 6.07) is 10.2. The van der Waals surface area contributed by atoms with Gasteiger partial charge in [0.05, 0.1) is 22.5 Å². The number of nitrogens with one attached hydrogen (secondary N) is 1. The predicted octanol–water partition coefficient (Wildman–Crippen LogP) is 3.92. The number of anilines is 1. The number of hydrogen-bond acceptors (Lipinski definition) is 6. The number of aryl methyl sites for hydroxylation is 2. The summed E-state index contributed by atoms with van der Waals surface area (Å²) in [5, 5.41) is 7.76. The molecule has 8 heteroatoms. The average molecular weight is 439 g/mol. The van der Waals surface area contributed by atoms with Gasteiger partial charge in [-0.1, -0.05) is 23.7 Å². The highest BCUT2D eigenvalue weighted by Crippen LogP contribution is 2.28. The molecule has 3 aromatic rings. The number of hydrogen-bond donors (Lipinski definition) is 1. The van der Waals surface area contributed by atoms with Gasteiger partial charge in [-0.15, -0.1) is 0 Å². The summed E-state index contributed by atoms with van der Waals surface area (Å²) >= 11 is 6.38. The molecular formula is C23H27ClN6O. The molecule has 1 N–H and O–H groups in total. The van der Waals surface area contributed by atoms with Crippen LogP contribution in [0.3, 0.4) is 0 Å². The fraction of sp³-hybridized carbons (Fsp3) is 0.391. The number of carbonyl (C=O) groups excluding carboxylic acids is 1. The molecule has 1 aromatic carbocycles. The molecule has 1 aliphatic rings. The average Bonchev–Trinajstić information content (AvgIpc) is 3.22. The van der Waals surface area contributed by atoms with Crippen LogP contribution in [-0.2, 0) is 0 Å². The number of aromatic nitrogens is 4. The zero-order valence-corrected chi connectivity index (χ0v) is 18.9. The van der Waals surface area contributed by atoms with Gasteiger partial charge in [-0.25, -0.2) is 9.97 Å². The Bertz CT molecular complexity index is 1060. The van der Waals surface area contributed by atoms with E-state index in [0.29, 0.717) is 36.1 Å². The molecule has 1 fully saturated rings. The lowest BCUT2D eigenvalue weighted by Gasteiger charge is -2.41. The summed E-state index contributed by atoms with van der Waals surface area (Å²) in [6.45, 7) is 9.39. The van der Waals surface area contributed by atoms with E-state index in [1.807, 2.05) is 38.1 Å². The van der Waals surface area contributed by atoms with Crippen molar-refractivity contribution in [2.75, 3.05) is 31.1 Å². The van der Waals surface area contributed by atoms with Crippen molar-refractivity contribution in [1.29, 1.82) is 0 Å². The molecule has 1 unspecified atom stereocenters. The molecule has 1 aliphatic heterocycles. The van der Waals surface area contributed by atoms with Crippen LogP contribution in [0.15, 0.2) is 36.5 Å². The van der Waals surface area contributed by atoms with Crippen LogP contribution in [0, 0.1) is 13.8 Å². The van der Waals surface area contributed by atoms with E-state index in [2.05, 4.69) is 43.0 Å². The van der Waals surface area contributed by atoms with E-state index in [-0.39, 0.29) is 5.78 Å². The van der Waals surface area contributed by atoms with Gasteiger partial charge in [-0.2, -0.15) is 5.10 Å². The summed E-state index contributed by atoms with van der Waals surface area (Å²) in [5.41, 5.74) is 3.94. The number of aromatic amines is 1. The minimum atomic E-state index is 0.0488. The fourth-order valence-corrected chi connectivity index (χ4v) is 4.42. The van der Waals surface area contributed by atoms with Crippen LogP contribution in [0.1, 0.15) is 35.1 Å². The number of Topliss-reactive ketones (excluding diaryl/α,β-unsaturated/α-hetero) is 1. The lowest BCUT2D eigenvalue weighted by molar-refractivity contribution is 0.0959. The summed E-state index contributed by atoms with van der Waals surface area (Å²) in [4.78, 5) is 26.6. The van der Waals surface area contributed by atoms with Crippen LogP contribution in [0.4, 0.5) is 5.69 Å². The molecule has 162 valence electrons. The molecule has 0 aliphatic carbocycles. The number of ketones is 1. The van der Waals surface area contributed by atoms with Crippen molar-refractivity contribution in [3.05, 3.63) is 58.5 Å². The molecule has 0 bridgehead atoms. The maximum atomic E-state index is 13.0. The van der Waals surface area contributed by atoms with Crippen LogP contribution in [0.2, 0.25) is 5.02 Å². The third-order valence-electron chi connectivity index (χ3n) is 5.67. The van der Waals surface area contributed by atoms with E-state index < -0.39 is 0 Å². The lowest BCUT2D eigenvalue weighted by atomic mass is 10.1. The summed E-state index contributed by atoms with van der Waals surface area (Å²) in [7, 11) is 0. The van der Waals surface area contributed by atoms with Crippen LogP contribution in [-0.4, -0.2) is 63.1 Å². The number of benzene rings is 1. The van der Waals surface area contributed by atoms with Gasteiger partial charge >= 0.3 is 0 Å². The fourth-order valence-electron chi connectivity index (χ4n) is 4.18. The molecule has 3 heterocycles. The van der Waals surface area contributed by atoms with E-state index in [1.54, 1.807) is 6.20 Å². The third kappa shape index (κ3) is 4.78. The third-order valence-corrected chi connectivity index (χ3v) is 5.99. The van der Waals surface area contributed by atoms with Gasteiger partial charge < -0.3 is 4.90 Å². The van der Waals surface area contributed by atoms with Crippen LogP contribution in [0.25, 0.3) is 11.5 Å². The van der Waals surface area contributed by atoms with Gasteiger partial charge in [0, 0.05) is 50.0 Å². The van der Waals surface area contributed by atoms with Crippen molar-refractivity contribution in [3.63, 3.8) is 0 Å². The molecule has 7 nitrogen and oxygen atoms in total. The zero-order valence-electron chi connectivity index (χ0n) is 18.1. The normalized spacial score (nSPS) is 17.2. The van der Waals surface area contributed by atoms with Crippen molar-refractivity contribution in [1.82, 2.24) is 25.1 Å². The Hall–Kier alpha value is -2.77. The van der Waals surface area contributed by atoms with Crippen molar-refractivity contribution >= 4 is 23.1 Å². The van der Waals surface area contributed by atoms with Gasteiger partial charge in [0.15, 0.2) is 11.6 Å². The van der Waals surface area contributed by atoms with Gasteiger partial charge in [0.25, 0.3) is 0 Å². The Morgan fingerprint density at radius 2 is 1.94 bits per heavy atom. The largest absolute Gasteiger partial charge is 0.365 e. The first-order chi connectivity index (χ1) is 14.9. The first kappa shape index (κ1) is 21.5. The topological polar surface area (TPSA) is 78.0 Å². The first-order valence-electron chi connectivity index (χ1n) is 10.5. The van der Waals surface area contributed by atoms with Gasteiger partial charge in [-0.3, -0.25) is 14.8 Å². The van der Waals surface area contributed by atoms with Crippen LogP contribution in [0.5, 0.6) is 0 Å². The second kappa shape index (κ2) is 9.16. The molecule has 4 rings (SSSR count). The zero-order chi connectivity index (χ0) is 22.0. The van der Waals surface area contributed by atoms with Crippen molar-refractivity contribution < 1.29 is 4.79 Å². The predicted molar refractivity (Wildman–Crippen MR) is 123 cm³/mol. The van der Waals surface area contributed by atoms with Crippen molar-refractivity contribution in [3.8, 4) is 11.5 Å². The van der Waals surface area contributed by atoms with Gasteiger partial charge in [-0.05, 0) is 39.0 Å². The van der Waals surface area contributed by atoms with Crippen LogP contribution >= 0.6 is 11.6 Å². The Morgan fingerprint density at radius 1 is 1.19 bits per heavy atom. The molecule has 0 spiro atoms. The Labute approximate surface area is 187 Å². The highest BCUT2D eigenvalue weighted by Gasteiger charge is 2.26. The number of nitrogens with zero attached hydrogens (tertiary/aromatic N) is 5. The minimum absolute atomic E-state index is 0.0488. The van der Waals surface area contributed by atoms with E-state index in [0.717, 1.165) is 41.7 Å². The SMILES string of the molecule is Cc1cc(C)nc(-c2[nH]ncc2C(=O)CCN2CCN(c3ccccc3Cl)C(C)C2)n1. The van der Waals surface area contributed by atoms with Crippen molar-refractivity contribution in [2.45, 2.75) is 33.2 Å². The molecule has 2 aromatic heterocycles. The maximum absolute atomic E-state index is 13.0. The lowest BCUT2D eigenvalue weighted by Crippen LogP contribution is -2.52. The summed E-state index contributed by atoms with van der Waals surface area (Å²) in [5.74, 6) is 0.563. The van der Waals surface area contributed by atoms with Gasteiger partial charge in [0.2, 0.25) is 0 Å². The first-order valence-corrected chi connectivity index (χ1v) is 10.9. The second-order valence-electron chi connectivity index (χ2n) is 8.10. The number of piperazine rings is 1. The van der Waals surface area contributed by atoms with Crippen LogP contribution < -0.4 is 4.90 Å². The smallest absolute Gasteiger partial charge is 0.178 e. The molecule has 0 radical (unpaired) electrons. The monoisotopic (exact) mass is 438 g/mol. The number of para-hydroxylation sites is 1. The van der Waals surface area contributed by atoms with Crippen molar-refractivity contribution in [2.24, 2.45) is 0 Å². The molecule has 1 atom stereocenters. The second-order valence-corrected chi connectivity index (χ2v) is 8.51. The quantitative estimate of drug-likeness (QED) is 0.587. The summed E-state index contributed by atoms with van der Waals surface area (Å²) < 4.78 is 0. The number of carbonyl (C=O) groups is 1. The minimum Gasteiger partial charge on any atom is -0.365 e. The Balaban J connectivity index is 1.38. The van der Waals surface area contributed by atoms with E-state index in [1.165, 1.54) is 0 Å². The van der Waals surface area contributed by atoms with E-state index in [4.69, 9.17) is 11.6 Å². The highest BCUT2D eigenvalue weighted by molar-refractivity contribution is 6.33. The Kier molecular flexibility index (Phi) is 6.34. The number of halogens is 1. The van der Waals surface area contributed by atoms with E-state index in [9.17, 15) is 4.79 Å². The highest BCUT2D eigenvalue weighted by atomic mass is 35.5. The number of rotatable bonds is 6. The molecule has 31 heavy (non-hydrogen) atoms. The summed E-state index contributed by atoms with van der Waals surface area (Å²) in [6.07, 6.45) is 2.01. The van der Waals surface area contributed by atoms with Gasteiger partial charge in [0.1, 0.15) is 5.69 Å². The van der Waals surface area contributed by atoms with E-state index >= 15 is 0 Å². The number of H-pyrrole nitrogens is 1. The Morgan fingerprint density at radius 3 is 2.65 bits per heavy atom. The standard InChI is InChI=1S/C23H27ClN6O/c1-15-12-16(2)27-23(26-15)22-18(13-25-28-22)21(31)8-9-29-10-11-30(17(3)14-29)20-7-5-4-6-19(20)24/h4-7,12-13,17H,8-11,14H2,1-3H3,(H,25,28). The molecular weight excluding hydrogens is 412 g/mol.